The molecule has 0 spiro atoms. The summed E-state index contributed by atoms with van der Waals surface area (Å²) < 4.78 is 1.22. The van der Waals surface area contributed by atoms with Gasteiger partial charge in [0.25, 0.3) is 11.5 Å². The van der Waals surface area contributed by atoms with Gasteiger partial charge in [0.15, 0.2) is 0 Å². The third-order valence-corrected chi connectivity index (χ3v) is 4.68. The van der Waals surface area contributed by atoms with Gasteiger partial charge in [0, 0.05) is 5.39 Å². The summed E-state index contributed by atoms with van der Waals surface area (Å²) in [5, 5.41) is 4.21. The molecule has 0 fully saturated rings. The smallest absolute Gasteiger partial charge is 0.291 e. The number of hydrogen-bond donors (Lipinski definition) is 1. The molecule has 0 saturated carbocycles. The number of amides is 1. The van der Waals surface area contributed by atoms with E-state index in [-0.39, 0.29) is 17.5 Å². The summed E-state index contributed by atoms with van der Waals surface area (Å²) in [5.74, 6) is -0.215. The summed E-state index contributed by atoms with van der Waals surface area (Å²) in [6.07, 6.45) is 0.762. The Balaban J connectivity index is 2.10. The van der Waals surface area contributed by atoms with E-state index in [2.05, 4.69) is 5.32 Å². The van der Waals surface area contributed by atoms with Crippen molar-refractivity contribution in [2.75, 3.05) is 6.61 Å². The van der Waals surface area contributed by atoms with E-state index in [0.717, 1.165) is 12.0 Å². The van der Waals surface area contributed by atoms with E-state index >= 15 is 0 Å². The number of aromatic nitrogens is 1. The molecule has 0 aliphatic carbocycles. The molecule has 1 N–H and O–H groups in total. The highest BCUT2D eigenvalue weighted by molar-refractivity contribution is 6.07. The largest absolute Gasteiger partial charge is 0.411 e. The number of hydrogen-bond acceptors (Lipinski definition) is 3. The van der Waals surface area contributed by atoms with E-state index in [1.165, 1.54) is 4.73 Å². The van der Waals surface area contributed by atoms with Crippen LogP contribution in [0.1, 0.15) is 47.9 Å². The Morgan fingerprint density at radius 2 is 1.67 bits per heavy atom. The van der Waals surface area contributed by atoms with Gasteiger partial charge in [-0.15, -0.1) is 4.73 Å². The first-order chi connectivity index (χ1) is 13.1. The quantitative estimate of drug-likeness (QED) is 0.726. The third kappa shape index (κ3) is 3.58. The maximum atomic E-state index is 13.2. The van der Waals surface area contributed by atoms with Crippen molar-refractivity contribution in [3.05, 3.63) is 81.8 Å². The zero-order valence-corrected chi connectivity index (χ0v) is 15.9. The number of nitrogens with zero attached hydrogens (tertiary/aromatic N) is 1. The van der Waals surface area contributed by atoms with Crippen molar-refractivity contribution in [3.63, 3.8) is 0 Å². The van der Waals surface area contributed by atoms with Gasteiger partial charge in [-0.2, -0.15) is 0 Å². The van der Waals surface area contributed by atoms with Crippen LogP contribution in [0.3, 0.4) is 0 Å². The summed E-state index contributed by atoms with van der Waals surface area (Å²) in [7, 11) is 0. The van der Waals surface area contributed by atoms with E-state index < -0.39 is 0 Å². The molecule has 3 aromatic rings. The minimum Gasteiger partial charge on any atom is -0.411 e. The Hall–Kier alpha value is -3.08. The maximum absolute atomic E-state index is 13.2. The molecular weight excluding hydrogens is 340 g/mol. The molecule has 140 valence electrons. The van der Waals surface area contributed by atoms with Gasteiger partial charge in [-0.25, -0.2) is 0 Å². The van der Waals surface area contributed by atoms with Gasteiger partial charge >= 0.3 is 0 Å². The van der Waals surface area contributed by atoms with Crippen LogP contribution in [0.4, 0.5) is 0 Å². The second kappa shape index (κ2) is 8.08. The van der Waals surface area contributed by atoms with Crippen molar-refractivity contribution < 1.29 is 9.63 Å². The summed E-state index contributed by atoms with van der Waals surface area (Å²) in [4.78, 5) is 31.4. The maximum Gasteiger partial charge on any atom is 0.291 e. The number of rotatable bonds is 6. The van der Waals surface area contributed by atoms with E-state index in [0.29, 0.717) is 28.6 Å². The Labute approximate surface area is 158 Å². The van der Waals surface area contributed by atoms with Crippen molar-refractivity contribution in [1.29, 1.82) is 0 Å². The topological polar surface area (TPSA) is 60.3 Å². The molecular formula is C22H24N2O3. The first-order valence-electron chi connectivity index (χ1n) is 9.21. The Morgan fingerprint density at radius 1 is 1.04 bits per heavy atom. The summed E-state index contributed by atoms with van der Waals surface area (Å²) in [6, 6.07) is 16.9. The van der Waals surface area contributed by atoms with Crippen molar-refractivity contribution in [2.24, 2.45) is 0 Å². The van der Waals surface area contributed by atoms with Crippen LogP contribution < -0.4 is 15.7 Å². The van der Waals surface area contributed by atoms with Crippen molar-refractivity contribution in [2.45, 2.75) is 33.2 Å². The van der Waals surface area contributed by atoms with Crippen LogP contribution in [-0.4, -0.2) is 17.2 Å². The molecule has 1 heterocycles. The van der Waals surface area contributed by atoms with Crippen LogP contribution in [0.25, 0.3) is 10.8 Å². The molecule has 0 aliphatic rings. The Kier molecular flexibility index (Phi) is 5.60. The van der Waals surface area contributed by atoms with Crippen LogP contribution in [0.2, 0.25) is 0 Å². The highest BCUT2D eigenvalue weighted by atomic mass is 16.7. The molecule has 0 radical (unpaired) electrons. The Bertz CT molecular complexity index is 1010. The van der Waals surface area contributed by atoms with Gasteiger partial charge in [0.2, 0.25) is 0 Å². The zero-order chi connectivity index (χ0) is 19.4. The zero-order valence-electron chi connectivity index (χ0n) is 15.9. The minimum absolute atomic E-state index is 0.107. The average Bonchev–Trinajstić information content (AvgIpc) is 2.70. The molecule has 2 aromatic carbocycles. The molecule has 5 nitrogen and oxygen atoms in total. The van der Waals surface area contributed by atoms with Crippen LogP contribution >= 0.6 is 0 Å². The fourth-order valence-electron chi connectivity index (χ4n) is 3.35. The van der Waals surface area contributed by atoms with Crippen molar-refractivity contribution in [3.8, 4) is 0 Å². The van der Waals surface area contributed by atoms with Crippen LogP contribution in [0, 0.1) is 6.92 Å². The normalized spacial score (nSPS) is 12.0. The molecule has 27 heavy (non-hydrogen) atoms. The molecule has 0 saturated heterocycles. The van der Waals surface area contributed by atoms with Crippen LogP contribution in [0.5, 0.6) is 0 Å². The fraction of sp³-hybridized carbons (Fsp3) is 0.273. The molecule has 1 aromatic heterocycles. The van der Waals surface area contributed by atoms with Gasteiger partial charge < -0.3 is 10.2 Å². The number of carbonyl (C=O) groups is 1. The molecule has 0 bridgehead atoms. The standard InChI is InChI=1S/C22H24N2O3/c1-4-19(16-11-7-6-8-12-16)23-21(25)20-15(3)24(27-5-2)22(26)18-14-10-9-13-17(18)20/h6-14,19H,4-5H2,1-3H3,(H,23,25)/t19-/m0/s1. The summed E-state index contributed by atoms with van der Waals surface area (Å²) in [6.45, 7) is 5.91. The SMILES string of the molecule is CCOn1c(C)c(C(=O)N[C@@H](CC)c2ccccc2)c2ccccc2c1=O. The highest BCUT2D eigenvalue weighted by Crippen LogP contribution is 2.22. The van der Waals surface area contributed by atoms with E-state index in [1.807, 2.05) is 50.2 Å². The number of fused-ring (bicyclic) bond motifs is 1. The molecule has 1 amide bonds. The minimum atomic E-state index is -0.253. The Morgan fingerprint density at radius 3 is 2.30 bits per heavy atom. The molecule has 1 atom stereocenters. The predicted molar refractivity (Wildman–Crippen MR) is 107 cm³/mol. The predicted octanol–water partition coefficient (Wildman–Crippen LogP) is 3.64. The molecule has 0 unspecified atom stereocenters. The second-order valence-corrected chi connectivity index (χ2v) is 6.37. The summed E-state index contributed by atoms with van der Waals surface area (Å²) >= 11 is 0. The van der Waals surface area contributed by atoms with Crippen LogP contribution in [0.15, 0.2) is 59.4 Å². The van der Waals surface area contributed by atoms with E-state index in [4.69, 9.17) is 4.84 Å². The van der Waals surface area contributed by atoms with Gasteiger partial charge in [0.1, 0.15) is 6.61 Å². The lowest BCUT2D eigenvalue weighted by atomic mass is 10.0. The molecule has 3 rings (SSSR count). The fourth-order valence-corrected chi connectivity index (χ4v) is 3.35. The first-order valence-corrected chi connectivity index (χ1v) is 9.21. The van der Waals surface area contributed by atoms with E-state index in [9.17, 15) is 9.59 Å². The second-order valence-electron chi connectivity index (χ2n) is 6.37. The van der Waals surface area contributed by atoms with Gasteiger partial charge in [-0.3, -0.25) is 9.59 Å². The lowest BCUT2D eigenvalue weighted by molar-refractivity contribution is 0.0912. The first kappa shape index (κ1) is 18.7. The summed E-state index contributed by atoms with van der Waals surface area (Å²) in [5.41, 5.74) is 1.76. The molecule has 0 aliphatic heterocycles. The monoisotopic (exact) mass is 364 g/mol. The number of nitrogens with one attached hydrogen (secondary N) is 1. The third-order valence-electron chi connectivity index (χ3n) is 4.68. The van der Waals surface area contributed by atoms with Crippen molar-refractivity contribution in [1.82, 2.24) is 10.0 Å². The number of benzene rings is 2. The van der Waals surface area contributed by atoms with Crippen molar-refractivity contribution >= 4 is 16.7 Å². The lowest BCUT2D eigenvalue weighted by Gasteiger charge is -2.20. The van der Waals surface area contributed by atoms with Gasteiger partial charge in [-0.05, 0) is 31.9 Å². The van der Waals surface area contributed by atoms with E-state index in [1.54, 1.807) is 25.1 Å². The highest BCUT2D eigenvalue weighted by Gasteiger charge is 2.22. The van der Waals surface area contributed by atoms with Crippen LogP contribution in [-0.2, 0) is 0 Å². The average molecular weight is 364 g/mol. The lowest BCUT2D eigenvalue weighted by Crippen LogP contribution is -2.34. The number of carbonyl (C=O) groups excluding carboxylic acids is 1. The van der Waals surface area contributed by atoms with Gasteiger partial charge in [-0.1, -0.05) is 55.5 Å². The molecule has 5 heteroatoms. The van der Waals surface area contributed by atoms with Gasteiger partial charge in [0.05, 0.1) is 22.7 Å². The number of pyridine rings is 1.